The van der Waals surface area contributed by atoms with Crippen LogP contribution in [-0.4, -0.2) is 12.6 Å². The van der Waals surface area contributed by atoms with Crippen molar-refractivity contribution < 1.29 is 9.53 Å². The molecule has 1 rings (SSSR count). The fourth-order valence-electron chi connectivity index (χ4n) is 1.87. The van der Waals surface area contributed by atoms with Crippen molar-refractivity contribution in [1.82, 2.24) is 0 Å². The van der Waals surface area contributed by atoms with Gasteiger partial charge in [0, 0.05) is 6.42 Å². The highest BCUT2D eigenvalue weighted by Gasteiger charge is 2.17. The lowest BCUT2D eigenvalue weighted by Gasteiger charge is -2.20. The summed E-state index contributed by atoms with van der Waals surface area (Å²) in [7, 11) is 0. The average molecular weight is 183 g/mol. The molecule has 13 heavy (non-hydrogen) atoms. The van der Waals surface area contributed by atoms with Gasteiger partial charge in [0.05, 0.1) is 6.61 Å². The van der Waals surface area contributed by atoms with E-state index in [0.29, 0.717) is 25.4 Å². The Morgan fingerprint density at radius 1 is 1.31 bits per heavy atom. The fourth-order valence-corrected chi connectivity index (χ4v) is 1.87. The third-order valence-corrected chi connectivity index (χ3v) is 2.59. The molecule has 1 saturated carbocycles. The number of carbonyl (C=O) groups is 1. The lowest BCUT2D eigenvalue weighted by molar-refractivity contribution is -0.144. The van der Waals surface area contributed by atoms with Crippen LogP contribution < -0.4 is 0 Å². The molecule has 2 heteroatoms. The van der Waals surface area contributed by atoms with Crippen molar-refractivity contribution in [1.29, 1.82) is 0 Å². The lowest BCUT2D eigenvalue weighted by Crippen LogP contribution is -2.14. The summed E-state index contributed by atoms with van der Waals surface area (Å²) < 4.78 is 4.99. The van der Waals surface area contributed by atoms with E-state index in [2.05, 4.69) is 6.92 Å². The highest BCUT2D eigenvalue weighted by Crippen LogP contribution is 2.26. The molecule has 0 aromatic carbocycles. The van der Waals surface area contributed by atoms with Gasteiger partial charge in [-0.1, -0.05) is 19.3 Å². The second kappa shape index (κ2) is 6.01. The molecule has 0 aliphatic heterocycles. The average Bonchev–Trinajstić information content (AvgIpc) is 2.16. The maximum Gasteiger partial charge on any atom is 0.306 e. The number of rotatable bonds is 4. The molecule has 75 valence electrons. The van der Waals surface area contributed by atoms with Gasteiger partial charge in [-0.2, -0.15) is 0 Å². The van der Waals surface area contributed by atoms with Gasteiger partial charge in [0.2, 0.25) is 0 Å². The molecule has 1 radical (unpaired) electrons. The molecule has 1 aliphatic carbocycles. The zero-order valence-corrected chi connectivity index (χ0v) is 8.26. The van der Waals surface area contributed by atoms with Crippen LogP contribution in [0.15, 0.2) is 0 Å². The van der Waals surface area contributed by atoms with Crippen molar-refractivity contribution in [2.75, 3.05) is 6.61 Å². The zero-order chi connectivity index (χ0) is 9.52. The normalized spacial score (nSPS) is 18.5. The quantitative estimate of drug-likeness (QED) is 0.626. The zero-order valence-electron chi connectivity index (χ0n) is 8.26. The molecular formula is C11H19O2. The predicted molar refractivity (Wildman–Crippen MR) is 52.1 cm³/mol. The van der Waals surface area contributed by atoms with Crippen LogP contribution in [0.4, 0.5) is 0 Å². The van der Waals surface area contributed by atoms with Crippen LogP contribution in [-0.2, 0) is 9.53 Å². The van der Waals surface area contributed by atoms with Crippen molar-refractivity contribution in [3.8, 4) is 0 Å². The summed E-state index contributed by atoms with van der Waals surface area (Å²) in [5.74, 6) is 0.557. The first-order chi connectivity index (χ1) is 6.33. The van der Waals surface area contributed by atoms with Crippen molar-refractivity contribution >= 4 is 5.97 Å². The summed E-state index contributed by atoms with van der Waals surface area (Å²) in [6.45, 7) is 4.10. The maximum absolute atomic E-state index is 11.2. The van der Waals surface area contributed by atoms with Gasteiger partial charge in [0.15, 0.2) is 0 Å². The molecule has 0 N–H and O–H groups in total. The van der Waals surface area contributed by atoms with Crippen LogP contribution in [0.5, 0.6) is 0 Å². The molecule has 0 saturated heterocycles. The van der Waals surface area contributed by atoms with Crippen LogP contribution in [0, 0.1) is 12.8 Å². The molecule has 0 spiro atoms. The first-order valence-electron chi connectivity index (χ1n) is 5.28. The monoisotopic (exact) mass is 183 g/mol. The molecule has 0 amide bonds. The van der Waals surface area contributed by atoms with E-state index in [0.717, 1.165) is 0 Å². The minimum absolute atomic E-state index is 0.0319. The summed E-state index contributed by atoms with van der Waals surface area (Å²) in [4.78, 5) is 11.2. The van der Waals surface area contributed by atoms with Crippen molar-refractivity contribution in [3.05, 3.63) is 6.92 Å². The van der Waals surface area contributed by atoms with Gasteiger partial charge in [-0.15, -0.1) is 0 Å². The molecular weight excluding hydrogens is 164 g/mol. The Bertz CT molecular complexity index is 148. The molecule has 1 fully saturated rings. The molecule has 0 unspecified atom stereocenters. The second-order valence-corrected chi connectivity index (χ2v) is 3.78. The van der Waals surface area contributed by atoms with E-state index in [1.54, 1.807) is 0 Å². The number of hydrogen-bond acceptors (Lipinski definition) is 2. The van der Waals surface area contributed by atoms with Gasteiger partial charge < -0.3 is 4.74 Å². The molecule has 0 atom stereocenters. The van der Waals surface area contributed by atoms with E-state index in [9.17, 15) is 4.79 Å². The summed E-state index contributed by atoms with van der Waals surface area (Å²) in [6.07, 6.45) is 7.63. The van der Waals surface area contributed by atoms with Crippen LogP contribution >= 0.6 is 0 Å². The Labute approximate surface area is 80.7 Å². The van der Waals surface area contributed by atoms with Gasteiger partial charge >= 0.3 is 5.97 Å². The number of esters is 1. The van der Waals surface area contributed by atoms with Crippen molar-refractivity contribution in [2.45, 2.75) is 44.9 Å². The summed E-state index contributed by atoms with van der Waals surface area (Å²) >= 11 is 0. The molecule has 0 bridgehead atoms. The minimum Gasteiger partial charge on any atom is -0.466 e. The topological polar surface area (TPSA) is 26.3 Å². The Hall–Kier alpha value is -0.530. The number of hydrogen-bond donors (Lipinski definition) is 0. The summed E-state index contributed by atoms with van der Waals surface area (Å²) in [5, 5.41) is 0. The van der Waals surface area contributed by atoms with Gasteiger partial charge in [0.25, 0.3) is 0 Å². The molecule has 2 nitrogen and oxygen atoms in total. The molecule has 0 aromatic heterocycles. The Morgan fingerprint density at radius 3 is 2.62 bits per heavy atom. The lowest BCUT2D eigenvalue weighted by atomic mass is 9.87. The minimum atomic E-state index is -0.0319. The van der Waals surface area contributed by atoms with Crippen LogP contribution in [0.3, 0.4) is 0 Å². The van der Waals surface area contributed by atoms with E-state index >= 15 is 0 Å². The SMILES string of the molecule is [CH2]CCOC(=O)CC1CCCCC1. The predicted octanol–water partition coefficient (Wildman–Crippen LogP) is 2.72. The standard InChI is InChI=1S/C11H19O2/c1-2-8-13-11(12)9-10-6-4-3-5-7-10/h10H,1-9H2. The van der Waals surface area contributed by atoms with Crippen molar-refractivity contribution in [3.63, 3.8) is 0 Å². The highest BCUT2D eigenvalue weighted by atomic mass is 16.5. The molecule has 0 heterocycles. The Kier molecular flexibility index (Phi) is 4.87. The van der Waals surface area contributed by atoms with Crippen LogP contribution in [0.1, 0.15) is 44.9 Å². The smallest absolute Gasteiger partial charge is 0.306 e. The second-order valence-electron chi connectivity index (χ2n) is 3.78. The summed E-state index contributed by atoms with van der Waals surface area (Å²) in [6, 6.07) is 0. The van der Waals surface area contributed by atoms with Crippen molar-refractivity contribution in [2.24, 2.45) is 5.92 Å². The van der Waals surface area contributed by atoms with Gasteiger partial charge in [-0.05, 0) is 32.1 Å². The van der Waals surface area contributed by atoms with E-state index in [-0.39, 0.29) is 5.97 Å². The van der Waals surface area contributed by atoms with Crippen LogP contribution in [0.2, 0.25) is 0 Å². The Balaban J connectivity index is 2.11. The van der Waals surface area contributed by atoms with E-state index < -0.39 is 0 Å². The third kappa shape index (κ3) is 4.30. The molecule has 0 aromatic rings. The highest BCUT2D eigenvalue weighted by molar-refractivity contribution is 5.69. The summed E-state index contributed by atoms with van der Waals surface area (Å²) in [5.41, 5.74) is 0. The first-order valence-corrected chi connectivity index (χ1v) is 5.28. The fraction of sp³-hybridized carbons (Fsp3) is 0.818. The van der Waals surface area contributed by atoms with Gasteiger partial charge in [-0.3, -0.25) is 4.79 Å². The number of carbonyl (C=O) groups excluding carboxylic acids is 1. The van der Waals surface area contributed by atoms with E-state index in [4.69, 9.17) is 4.74 Å². The first kappa shape index (κ1) is 10.6. The number of ether oxygens (including phenoxy) is 1. The molecule has 1 aliphatic rings. The maximum atomic E-state index is 11.2. The van der Waals surface area contributed by atoms with E-state index in [1.165, 1.54) is 32.1 Å². The van der Waals surface area contributed by atoms with Gasteiger partial charge in [-0.25, -0.2) is 0 Å². The van der Waals surface area contributed by atoms with Gasteiger partial charge in [0.1, 0.15) is 0 Å². The third-order valence-electron chi connectivity index (χ3n) is 2.59. The van der Waals surface area contributed by atoms with E-state index in [1.807, 2.05) is 0 Å². The van der Waals surface area contributed by atoms with Crippen LogP contribution in [0.25, 0.3) is 0 Å². The largest absolute Gasteiger partial charge is 0.466 e. The Morgan fingerprint density at radius 2 is 2.00 bits per heavy atom.